The van der Waals surface area contributed by atoms with Gasteiger partial charge in [0, 0.05) is 24.5 Å². The average Bonchev–Trinajstić information content (AvgIpc) is 3.25. The molecule has 1 aromatic carbocycles. The molecule has 3 nitrogen and oxygen atoms in total. The number of fused-ring (bicyclic) bond motifs is 1. The number of thiophene rings is 1. The van der Waals surface area contributed by atoms with Gasteiger partial charge >= 0.3 is 0 Å². The van der Waals surface area contributed by atoms with Crippen LogP contribution in [0.25, 0.3) is 10.9 Å². The number of nitrogens with zero attached hydrogens (tertiary/aromatic N) is 2. The zero-order chi connectivity index (χ0) is 20.9. The van der Waals surface area contributed by atoms with Gasteiger partial charge in [-0.3, -0.25) is 4.79 Å². The summed E-state index contributed by atoms with van der Waals surface area (Å²) < 4.78 is 3.42. The van der Waals surface area contributed by atoms with E-state index < -0.39 is 0 Å². The van der Waals surface area contributed by atoms with Crippen molar-refractivity contribution in [3.8, 4) is 0 Å². The molecule has 0 saturated carbocycles. The summed E-state index contributed by atoms with van der Waals surface area (Å²) in [6, 6.07) is 12.6. The number of hydrogen-bond donors (Lipinski definition) is 0. The van der Waals surface area contributed by atoms with Crippen LogP contribution in [-0.2, 0) is 6.54 Å². The zero-order valence-electron chi connectivity index (χ0n) is 18.1. The van der Waals surface area contributed by atoms with Gasteiger partial charge in [0.05, 0.1) is 9.73 Å². The second-order valence-electron chi connectivity index (χ2n) is 8.55. The molecule has 4 rings (SSSR count). The maximum Gasteiger partial charge on any atom is 0.251 e. The lowest BCUT2D eigenvalue weighted by Crippen LogP contribution is -2.37. The Kier molecular flexibility index (Phi) is 7.34. The Morgan fingerprint density at radius 2 is 1.93 bits per heavy atom. The van der Waals surface area contributed by atoms with Gasteiger partial charge in [-0.2, -0.15) is 0 Å². The number of rotatable bonds is 8. The van der Waals surface area contributed by atoms with Crippen LogP contribution in [0.2, 0.25) is 0 Å². The van der Waals surface area contributed by atoms with Gasteiger partial charge in [-0.15, -0.1) is 23.1 Å². The number of piperidine rings is 1. The van der Waals surface area contributed by atoms with E-state index in [4.69, 9.17) is 0 Å². The van der Waals surface area contributed by atoms with Crippen LogP contribution in [0.5, 0.6) is 0 Å². The summed E-state index contributed by atoms with van der Waals surface area (Å²) >= 11 is 3.85. The van der Waals surface area contributed by atoms with E-state index in [0.717, 1.165) is 30.1 Å². The van der Waals surface area contributed by atoms with E-state index in [1.54, 1.807) is 6.07 Å². The first-order valence-electron chi connectivity index (χ1n) is 11.1. The summed E-state index contributed by atoms with van der Waals surface area (Å²) in [5.74, 6) is 2.11. The Balaban J connectivity index is 1.26. The summed E-state index contributed by atoms with van der Waals surface area (Å²) in [7, 11) is 0. The Bertz CT molecular complexity index is 1020. The van der Waals surface area contributed by atoms with Gasteiger partial charge in [0.25, 0.3) is 5.56 Å². The molecule has 160 valence electrons. The molecule has 3 heterocycles. The van der Waals surface area contributed by atoms with Crippen molar-refractivity contribution in [2.45, 2.75) is 50.3 Å². The Labute approximate surface area is 188 Å². The molecule has 0 radical (unpaired) electrons. The van der Waals surface area contributed by atoms with Crippen LogP contribution >= 0.6 is 23.1 Å². The molecule has 0 amide bonds. The Morgan fingerprint density at radius 1 is 1.10 bits per heavy atom. The molecular weight excluding hydrogens is 408 g/mol. The van der Waals surface area contributed by atoms with Crippen LogP contribution in [0.3, 0.4) is 0 Å². The van der Waals surface area contributed by atoms with Crippen molar-refractivity contribution in [2.24, 2.45) is 5.92 Å². The highest BCUT2D eigenvalue weighted by Crippen LogP contribution is 2.27. The zero-order valence-corrected chi connectivity index (χ0v) is 19.7. The van der Waals surface area contributed by atoms with Gasteiger partial charge in [-0.1, -0.05) is 18.2 Å². The molecule has 0 unspecified atom stereocenters. The van der Waals surface area contributed by atoms with Crippen LogP contribution in [0, 0.1) is 19.8 Å². The molecule has 1 aliphatic rings. The average molecular weight is 441 g/mol. The quantitative estimate of drug-likeness (QED) is 0.319. The molecule has 0 spiro atoms. The molecule has 1 fully saturated rings. The normalized spacial score (nSPS) is 15.8. The van der Waals surface area contributed by atoms with Crippen molar-refractivity contribution in [2.75, 3.05) is 25.4 Å². The molecular formula is C25H32N2OS2. The molecule has 1 aliphatic heterocycles. The standard InChI is InChI=1S/C25H32N2OS2/c1-19-7-8-22-20(2)18-24(28)27(23(22)17-19)14-13-26-11-9-21(10-12-26)5-3-15-29-25-6-4-16-30-25/h4,6-8,16-18,21H,3,5,9-15H2,1-2H3. The predicted octanol–water partition coefficient (Wildman–Crippen LogP) is 5.96. The molecule has 0 atom stereocenters. The predicted molar refractivity (Wildman–Crippen MR) is 131 cm³/mol. The minimum absolute atomic E-state index is 0.128. The number of aryl methyl sites for hydroxylation is 2. The number of hydrogen-bond acceptors (Lipinski definition) is 4. The second-order valence-corrected chi connectivity index (χ2v) is 10.9. The maximum atomic E-state index is 12.7. The smallest absolute Gasteiger partial charge is 0.251 e. The van der Waals surface area contributed by atoms with Crippen molar-refractivity contribution in [3.05, 3.63) is 63.3 Å². The number of aromatic nitrogens is 1. The minimum Gasteiger partial charge on any atom is -0.307 e. The maximum absolute atomic E-state index is 12.7. The molecule has 3 aromatic rings. The van der Waals surface area contributed by atoms with Gasteiger partial charge in [-0.05, 0) is 92.9 Å². The molecule has 0 bridgehead atoms. The van der Waals surface area contributed by atoms with Gasteiger partial charge < -0.3 is 9.47 Å². The van der Waals surface area contributed by atoms with E-state index >= 15 is 0 Å². The van der Waals surface area contributed by atoms with Crippen molar-refractivity contribution < 1.29 is 0 Å². The summed E-state index contributed by atoms with van der Waals surface area (Å²) in [6.07, 6.45) is 5.27. The largest absolute Gasteiger partial charge is 0.307 e. The third kappa shape index (κ3) is 5.37. The summed E-state index contributed by atoms with van der Waals surface area (Å²) in [6.45, 7) is 8.21. The Hall–Kier alpha value is -1.56. The molecule has 30 heavy (non-hydrogen) atoms. The van der Waals surface area contributed by atoms with Crippen LogP contribution in [0.1, 0.15) is 36.8 Å². The molecule has 1 saturated heterocycles. The highest BCUT2D eigenvalue weighted by molar-refractivity contribution is 8.01. The highest BCUT2D eigenvalue weighted by atomic mass is 32.2. The topological polar surface area (TPSA) is 25.2 Å². The van der Waals surface area contributed by atoms with Crippen molar-refractivity contribution in [3.63, 3.8) is 0 Å². The fraction of sp³-hybridized carbons (Fsp3) is 0.480. The summed E-state index contributed by atoms with van der Waals surface area (Å²) in [5.41, 5.74) is 3.49. The summed E-state index contributed by atoms with van der Waals surface area (Å²) in [4.78, 5) is 15.2. The third-order valence-corrected chi connectivity index (χ3v) is 8.54. The van der Waals surface area contributed by atoms with Crippen molar-refractivity contribution >= 4 is 34.0 Å². The fourth-order valence-corrected chi connectivity index (χ4v) is 6.34. The Morgan fingerprint density at radius 3 is 2.70 bits per heavy atom. The van der Waals surface area contributed by atoms with E-state index in [1.807, 2.05) is 34.6 Å². The number of thioether (sulfide) groups is 1. The number of pyridine rings is 1. The van der Waals surface area contributed by atoms with E-state index in [0.29, 0.717) is 0 Å². The summed E-state index contributed by atoms with van der Waals surface area (Å²) in [5, 5.41) is 3.35. The van der Waals surface area contributed by atoms with Crippen molar-refractivity contribution in [1.29, 1.82) is 0 Å². The van der Waals surface area contributed by atoms with Gasteiger partial charge in [0.15, 0.2) is 0 Å². The molecule has 5 heteroatoms. The van der Waals surface area contributed by atoms with E-state index in [-0.39, 0.29) is 5.56 Å². The van der Waals surface area contributed by atoms with Crippen LogP contribution in [-0.4, -0.2) is 34.9 Å². The van der Waals surface area contributed by atoms with Crippen molar-refractivity contribution in [1.82, 2.24) is 9.47 Å². The van der Waals surface area contributed by atoms with Gasteiger partial charge in [0.2, 0.25) is 0 Å². The van der Waals surface area contributed by atoms with Gasteiger partial charge in [0.1, 0.15) is 0 Å². The molecule has 0 aliphatic carbocycles. The van der Waals surface area contributed by atoms with E-state index in [2.05, 4.69) is 47.5 Å². The van der Waals surface area contributed by atoms with Crippen LogP contribution < -0.4 is 5.56 Å². The number of likely N-dealkylation sites (tertiary alicyclic amines) is 1. The molecule has 2 aromatic heterocycles. The first-order valence-corrected chi connectivity index (χ1v) is 13.0. The van der Waals surface area contributed by atoms with Gasteiger partial charge in [-0.25, -0.2) is 0 Å². The monoisotopic (exact) mass is 440 g/mol. The first-order chi connectivity index (χ1) is 14.6. The third-order valence-electron chi connectivity index (χ3n) is 6.32. The fourth-order valence-electron chi connectivity index (χ4n) is 4.52. The van der Waals surface area contributed by atoms with Crippen LogP contribution in [0.4, 0.5) is 0 Å². The first kappa shape index (κ1) is 21.7. The van der Waals surface area contributed by atoms with E-state index in [9.17, 15) is 4.79 Å². The highest BCUT2D eigenvalue weighted by Gasteiger charge is 2.19. The lowest BCUT2D eigenvalue weighted by atomic mass is 9.92. The van der Waals surface area contributed by atoms with Crippen LogP contribution in [0.15, 0.2) is 50.8 Å². The SMILES string of the molecule is Cc1ccc2c(C)cc(=O)n(CCN3CCC(CCCSc4cccs4)CC3)c2c1. The number of benzene rings is 1. The lowest BCUT2D eigenvalue weighted by molar-refractivity contribution is 0.173. The molecule has 0 N–H and O–H groups in total. The second kappa shape index (κ2) is 10.2. The lowest BCUT2D eigenvalue weighted by Gasteiger charge is -2.32. The minimum atomic E-state index is 0.128. The van der Waals surface area contributed by atoms with E-state index in [1.165, 1.54) is 59.7 Å².